The standard InChI is InChI=1S/C10H15NS/c1-2-7-6-12-9-5-3-4-8(11)10(7)9/h6,8H,2-5,11H2,1H3. The van der Waals surface area contributed by atoms with Crippen molar-refractivity contribution < 1.29 is 0 Å². The van der Waals surface area contributed by atoms with Crippen LogP contribution in [0.4, 0.5) is 0 Å². The summed E-state index contributed by atoms with van der Waals surface area (Å²) in [6.07, 6.45) is 4.85. The predicted molar refractivity (Wildman–Crippen MR) is 53.6 cm³/mol. The van der Waals surface area contributed by atoms with E-state index in [2.05, 4.69) is 12.3 Å². The second kappa shape index (κ2) is 3.19. The van der Waals surface area contributed by atoms with E-state index in [1.54, 1.807) is 4.88 Å². The lowest BCUT2D eigenvalue weighted by molar-refractivity contribution is 0.573. The van der Waals surface area contributed by atoms with E-state index in [0.717, 1.165) is 6.42 Å². The molecule has 2 heteroatoms. The van der Waals surface area contributed by atoms with Crippen LogP contribution in [0.1, 0.15) is 41.8 Å². The van der Waals surface area contributed by atoms with Crippen LogP contribution in [0.5, 0.6) is 0 Å². The van der Waals surface area contributed by atoms with Crippen LogP contribution in [0.3, 0.4) is 0 Å². The molecule has 0 fully saturated rings. The van der Waals surface area contributed by atoms with Gasteiger partial charge in [-0.3, -0.25) is 0 Å². The maximum atomic E-state index is 6.07. The molecule has 1 atom stereocenters. The molecule has 0 saturated carbocycles. The third-order valence-electron chi connectivity index (χ3n) is 2.66. The first-order valence-electron chi connectivity index (χ1n) is 4.67. The SMILES string of the molecule is CCc1csc2c1C(N)CCC2. The molecule has 1 aliphatic rings. The second-order valence-corrected chi connectivity index (χ2v) is 4.41. The summed E-state index contributed by atoms with van der Waals surface area (Å²) in [5.74, 6) is 0. The van der Waals surface area contributed by atoms with Crippen LogP contribution < -0.4 is 5.73 Å². The summed E-state index contributed by atoms with van der Waals surface area (Å²) in [5, 5.41) is 2.29. The van der Waals surface area contributed by atoms with Gasteiger partial charge in [0.05, 0.1) is 0 Å². The minimum atomic E-state index is 0.329. The third-order valence-corrected chi connectivity index (χ3v) is 3.77. The predicted octanol–water partition coefficient (Wildman–Crippen LogP) is 2.65. The van der Waals surface area contributed by atoms with E-state index in [0.29, 0.717) is 6.04 Å². The molecule has 1 nitrogen and oxygen atoms in total. The van der Waals surface area contributed by atoms with Crippen molar-refractivity contribution in [2.24, 2.45) is 5.73 Å². The van der Waals surface area contributed by atoms with E-state index in [1.807, 2.05) is 11.3 Å². The third kappa shape index (κ3) is 1.19. The minimum Gasteiger partial charge on any atom is -0.324 e. The molecule has 0 saturated heterocycles. The molecule has 1 aliphatic carbocycles. The van der Waals surface area contributed by atoms with Crippen LogP contribution >= 0.6 is 11.3 Å². The molecule has 0 radical (unpaired) electrons. The van der Waals surface area contributed by atoms with E-state index in [-0.39, 0.29) is 0 Å². The molecule has 0 bridgehead atoms. The number of rotatable bonds is 1. The largest absolute Gasteiger partial charge is 0.324 e. The fourth-order valence-corrected chi connectivity index (χ4v) is 3.24. The van der Waals surface area contributed by atoms with Gasteiger partial charge in [-0.1, -0.05) is 6.92 Å². The number of fused-ring (bicyclic) bond motifs is 1. The lowest BCUT2D eigenvalue weighted by atomic mass is 9.91. The average Bonchev–Trinajstić information content (AvgIpc) is 2.49. The summed E-state index contributed by atoms with van der Waals surface area (Å²) >= 11 is 1.90. The van der Waals surface area contributed by atoms with Gasteiger partial charge >= 0.3 is 0 Å². The first-order chi connectivity index (χ1) is 5.83. The Morgan fingerprint density at radius 3 is 3.25 bits per heavy atom. The lowest BCUT2D eigenvalue weighted by Crippen LogP contribution is -2.16. The van der Waals surface area contributed by atoms with Gasteiger partial charge in [-0.2, -0.15) is 0 Å². The summed E-state index contributed by atoms with van der Waals surface area (Å²) < 4.78 is 0. The molecule has 66 valence electrons. The summed E-state index contributed by atoms with van der Waals surface area (Å²) in [6, 6.07) is 0.329. The van der Waals surface area contributed by atoms with Crippen molar-refractivity contribution in [1.29, 1.82) is 0 Å². The van der Waals surface area contributed by atoms with Crippen LogP contribution in [-0.4, -0.2) is 0 Å². The topological polar surface area (TPSA) is 26.0 Å². The normalized spacial score (nSPS) is 22.3. The Balaban J connectivity index is 2.43. The van der Waals surface area contributed by atoms with E-state index in [1.165, 1.54) is 30.4 Å². The molecule has 2 N–H and O–H groups in total. The molecule has 12 heavy (non-hydrogen) atoms. The monoisotopic (exact) mass is 181 g/mol. The zero-order valence-corrected chi connectivity index (χ0v) is 8.29. The molecule has 0 amide bonds. The Morgan fingerprint density at radius 2 is 2.50 bits per heavy atom. The van der Waals surface area contributed by atoms with Crippen LogP contribution in [0.2, 0.25) is 0 Å². The first-order valence-corrected chi connectivity index (χ1v) is 5.55. The van der Waals surface area contributed by atoms with Crippen molar-refractivity contribution in [3.8, 4) is 0 Å². The molecule has 1 heterocycles. The van der Waals surface area contributed by atoms with Crippen molar-refractivity contribution in [3.05, 3.63) is 21.4 Å². The quantitative estimate of drug-likeness (QED) is 0.708. The molecule has 1 aromatic rings. The van der Waals surface area contributed by atoms with Gasteiger partial charge in [-0.05, 0) is 42.2 Å². The molecular weight excluding hydrogens is 166 g/mol. The van der Waals surface area contributed by atoms with E-state index in [9.17, 15) is 0 Å². The molecule has 0 aromatic carbocycles. The highest BCUT2D eigenvalue weighted by Gasteiger charge is 2.20. The average molecular weight is 181 g/mol. The minimum absolute atomic E-state index is 0.329. The van der Waals surface area contributed by atoms with Crippen LogP contribution in [0.25, 0.3) is 0 Å². The van der Waals surface area contributed by atoms with Crippen LogP contribution in [-0.2, 0) is 12.8 Å². The zero-order chi connectivity index (χ0) is 8.55. The Kier molecular flexibility index (Phi) is 2.20. The Morgan fingerprint density at radius 1 is 1.67 bits per heavy atom. The summed E-state index contributed by atoms with van der Waals surface area (Å²) in [6.45, 7) is 2.21. The van der Waals surface area contributed by atoms with Crippen molar-refractivity contribution in [2.45, 2.75) is 38.6 Å². The Hall–Kier alpha value is -0.340. The summed E-state index contributed by atoms with van der Waals surface area (Å²) in [7, 11) is 0. The number of thiophene rings is 1. The summed E-state index contributed by atoms with van der Waals surface area (Å²) in [4.78, 5) is 1.55. The molecule has 1 aromatic heterocycles. The number of hydrogen-bond donors (Lipinski definition) is 1. The smallest absolute Gasteiger partial charge is 0.0308 e. The second-order valence-electron chi connectivity index (χ2n) is 3.45. The van der Waals surface area contributed by atoms with Crippen molar-refractivity contribution >= 4 is 11.3 Å². The van der Waals surface area contributed by atoms with Gasteiger partial charge in [-0.25, -0.2) is 0 Å². The van der Waals surface area contributed by atoms with Gasteiger partial charge in [-0.15, -0.1) is 11.3 Å². The highest BCUT2D eigenvalue weighted by atomic mass is 32.1. The highest BCUT2D eigenvalue weighted by Crippen LogP contribution is 2.35. The van der Waals surface area contributed by atoms with Gasteiger partial charge < -0.3 is 5.73 Å². The van der Waals surface area contributed by atoms with E-state index < -0.39 is 0 Å². The molecular formula is C10H15NS. The zero-order valence-electron chi connectivity index (χ0n) is 7.47. The molecule has 0 aliphatic heterocycles. The van der Waals surface area contributed by atoms with Gasteiger partial charge in [0.2, 0.25) is 0 Å². The fraction of sp³-hybridized carbons (Fsp3) is 0.600. The fourth-order valence-electron chi connectivity index (χ4n) is 1.99. The van der Waals surface area contributed by atoms with Crippen LogP contribution in [0, 0.1) is 0 Å². The highest BCUT2D eigenvalue weighted by molar-refractivity contribution is 7.10. The van der Waals surface area contributed by atoms with E-state index in [4.69, 9.17) is 5.73 Å². The molecule has 0 spiro atoms. The van der Waals surface area contributed by atoms with E-state index >= 15 is 0 Å². The molecule has 1 unspecified atom stereocenters. The van der Waals surface area contributed by atoms with Crippen molar-refractivity contribution in [1.82, 2.24) is 0 Å². The van der Waals surface area contributed by atoms with Crippen molar-refractivity contribution in [3.63, 3.8) is 0 Å². The molecule has 2 rings (SSSR count). The maximum Gasteiger partial charge on any atom is 0.0308 e. The van der Waals surface area contributed by atoms with Gasteiger partial charge in [0.25, 0.3) is 0 Å². The van der Waals surface area contributed by atoms with Gasteiger partial charge in [0.1, 0.15) is 0 Å². The first kappa shape index (κ1) is 8.27. The van der Waals surface area contributed by atoms with Crippen LogP contribution in [0.15, 0.2) is 5.38 Å². The number of aryl methyl sites for hydroxylation is 2. The Bertz CT molecular complexity index is 264. The summed E-state index contributed by atoms with van der Waals surface area (Å²) in [5.41, 5.74) is 9.04. The maximum absolute atomic E-state index is 6.07. The Labute approximate surface area is 77.6 Å². The van der Waals surface area contributed by atoms with Gasteiger partial charge in [0, 0.05) is 10.9 Å². The number of hydrogen-bond acceptors (Lipinski definition) is 2. The van der Waals surface area contributed by atoms with Crippen molar-refractivity contribution in [2.75, 3.05) is 0 Å². The van der Waals surface area contributed by atoms with Gasteiger partial charge in [0.15, 0.2) is 0 Å². The lowest BCUT2D eigenvalue weighted by Gasteiger charge is -2.19. The number of nitrogens with two attached hydrogens (primary N) is 1.